The van der Waals surface area contributed by atoms with Crippen LogP contribution < -0.4 is 4.90 Å². The molecule has 39 heavy (non-hydrogen) atoms. The Morgan fingerprint density at radius 1 is 1.05 bits per heavy atom. The summed E-state index contributed by atoms with van der Waals surface area (Å²) in [5, 5.41) is 48.1. The third kappa shape index (κ3) is 8.83. The summed E-state index contributed by atoms with van der Waals surface area (Å²) in [4.78, 5) is 28.2. The summed E-state index contributed by atoms with van der Waals surface area (Å²) in [5.74, 6) is -0.529. The van der Waals surface area contributed by atoms with Crippen LogP contribution in [0.4, 0.5) is 5.69 Å². The number of unbranched alkanes of at least 4 members (excludes halogenated alkanes) is 2. The molecule has 1 aliphatic rings. The molecule has 2 aromatic rings. The molecule has 9 nitrogen and oxygen atoms in total. The van der Waals surface area contributed by atoms with Crippen molar-refractivity contribution in [2.75, 3.05) is 18.1 Å². The molecule has 0 saturated carbocycles. The lowest BCUT2D eigenvalue weighted by Gasteiger charge is -2.25. The number of anilines is 1. The summed E-state index contributed by atoms with van der Waals surface area (Å²) in [7, 11) is 0. The summed E-state index contributed by atoms with van der Waals surface area (Å²) < 4.78 is 5.04. The quantitative estimate of drug-likeness (QED) is 0.155. The van der Waals surface area contributed by atoms with Crippen LogP contribution in [-0.4, -0.2) is 75.0 Å². The van der Waals surface area contributed by atoms with Gasteiger partial charge in [0.05, 0.1) is 12.7 Å². The highest BCUT2D eigenvalue weighted by molar-refractivity contribution is 7.13. The number of aliphatic hydroxyl groups is 5. The van der Waals surface area contributed by atoms with Crippen molar-refractivity contribution in [3.05, 3.63) is 51.7 Å². The zero-order valence-corrected chi connectivity index (χ0v) is 23.3. The number of hydrogen-bond acceptors (Lipinski definition) is 9. The van der Waals surface area contributed by atoms with Crippen molar-refractivity contribution < 1.29 is 39.9 Å². The highest BCUT2D eigenvalue weighted by Gasteiger charge is 2.32. The predicted octanol–water partition coefficient (Wildman–Crippen LogP) is 3.11. The minimum absolute atomic E-state index is 0.101. The van der Waals surface area contributed by atoms with Crippen LogP contribution in [0.1, 0.15) is 84.5 Å². The molecule has 1 aromatic heterocycles. The second-order valence-corrected chi connectivity index (χ2v) is 11.3. The molecular formula is C29H41NO8S. The van der Waals surface area contributed by atoms with Crippen molar-refractivity contribution in [2.24, 2.45) is 0 Å². The number of hydrogen-bond donors (Lipinski definition) is 5. The fraction of sp³-hybridized carbons (Fsp3) is 0.586. The minimum atomic E-state index is -1.62. The zero-order chi connectivity index (χ0) is 28.4. The molecule has 1 amide bonds. The van der Waals surface area contributed by atoms with Crippen molar-refractivity contribution in [1.82, 2.24) is 0 Å². The number of esters is 1. The second kappa shape index (κ2) is 15.4. The predicted molar refractivity (Wildman–Crippen MR) is 149 cm³/mol. The van der Waals surface area contributed by atoms with Gasteiger partial charge in [-0.1, -0.05) is 38.3 Å². The first-order valence-electron chi connectivity index (χ1n) is 13.8. The van der Waals surface area contributed by atoms with Crippen LogP contribution in [0.25, 0.3) is 0 Å². The van der Waals surface area contributed by atoms with Gasteiger partial charge in [-0.05, 0) is 61.9 Å². The van der Waals surface area contributed by atoms with Crippen LogP contribution in [-0.2, 0) is 16.0 Å². The Kier molecular flexibility index (Phi) is 12.4. The molecule has 0 radical (unpaired) electrons. The third-order valence-corrected chi connectivity index (χ3v) is 8.27. The van der Waals surface area contributed by atoms with E-state index in [2.05, 4.69) is 6.92 Å². The van der Waals surface area contributed by atoms with Gasteiger partial charge in [0.2, 0.25) is 5.91 Å². The van der Waals surface area contributed by atoms with Crippen LogP contribution >= 0.6 is 11.3 Å². The standard InChI is InChI=1S/C29H41NO8S/c1-2-3-4-8-23(32)19-9-11-21(12-10-19)30-20(13-16-27(30)35)6-5-7-22-14-15-26(39-22)29(37)38-18-25(34)28(36)24(33)17-31/h9-12,14-15,20,23-25,28,31-34,36H,2-8,13,16-18H2,1H3/t20-,23-,24-,25+,28-/m0/s1. The monoisotopic (exact) mass is 563 g/mol. The molecule has 5 atom stereocenters. The number of aliphatic hydroxyl groups excluding tert-OH is 5. The molecular weight excluding hydrogens is 522 g/mol. The Balaban J connectivity index is 1.48. The topological polar surface area (TPSA) is 148 Å². The number of nitrogens with zero attached hydrogens (tertiary/aromatic N) is 1. The molecule has 216 valence electrons. The fourth-order valence-electron chi connectivity index (χ4n) is 4.81. The molecule has 0 spiro atoms. The summed E-state index contributed by atoms with van der Waals surface area (Å²) in [6.45, 7) is 0.912. The molecule has 0 bridgehead atoms. The first kappa shape index (κ1) is 31.2. The van der Waals surface area contributed by atoms with Crippen LogP contribution in [0.5, 0.6) is 0 Å². The Bertz CT molecular complexity index is 1040. The van der Waals surface area contributed by atoms with E-state index in [0.29, 0.717) is 11.3 Å². The van der Waals surface area contributed by atoms with E-state index in [1.165, 1.54) is 11.3 Å². The summed E-state index contributed by atoms with van der Waals surface area (Å²) >= 11 is 1.29. The van der Waals surface area contributed by atoms with Gasteiger partial charge in [-0.15, -0.1) is 11.3 Å². The Morgan fingerprint density at radius 3 is 2.49 bits per heavy atom. The van der Waals surface area contributed by atoms with Gasteiger partial charge >= 0.3 is 5.97 Å². The first-order valence-corrected chi connectivity index (χ1v) is 14.6. The Morgan fingerprint density at radius 2 is 1.79 bits per heavy atom. The van der Waals surface area contributed by atoms with Gasteiger partial charge in [0, 0.05) is 23.0 Å². The lowest BCUT2D eigenvalue weighted by atomic mass is 10.0. The van der Waals surface area contributed by atoms with Crippen molar-refractivity contribution in [3.8, 4) is 0 Å². The maximum Gasteiger partial charge on any atom is 0.348 e. The molecule has 0 aliphatic carbocycles. The summed E-state index contributed by atoms with van der Waals surface area (Å²) in [6, 6.07) is 11.3. The first-order chi connectivity index (χ1) is 18.7. The molecule has 1 aliphatic heterocycles. The fourth-order valence-corrected chi connectivity index (χ4v) is 5.76. The number of carbonyl (C=O) groups excluding carboxylic acids is 2. The number of rotatable bonds is 16. The maximum atomic E-state index is 12.7. The molecule has 3 rings (SSSR count). The van der Waals surface area contributed by atoms with E-state index in [1.54, 1.807) is 6.07 Å². The zero-order valence-electron chi connectivity index (χ0n) is 22.4. The lowest BCUT2D eigenvalue weighted by molar-refractivity contribution is -0.117. The normalized spacial score (nSPS) is 18.7. The highest BCUT2D eigenvalue weighted by atomic mass is 32.1. The minimum Gasteiger partial charge on any atom is -0.459 e. The van der Waals surface area contributed by atoms with E-state index in [-0.39, 0.29) is 11.9 Å². The highest BCUT2D eigenvalue weighted by Crippen LogP contribution is 2.31. The van der Waals surface area contributed by atoms with E-state index in [1.807, 2.05) is 35.2 Å². The molecule has 2 heterocycles. The number of aryl methyl sites for hydroxylation is 1. The second-order valence-electron chi connectivity index (χ2n) is 10.1. The Hall–Kier alpha value is -2.34. The maximum absolute atomic E-state index is 12.7. The average molecular weight is 564 g/mol. The SMILES string of the molecule is CCCCC[C@H](O)c1ccc(N2C(=O)CC[C@@H]2CCCc2ccc(C(=O)OC[C@@H](O)[C@@H](O)[C@@H](O)CO)s2)cc1. The van der Waals surface area contributed by atoms with Crippen LogP contribution in [0.15, 0.2) is 36.4 Å². The van der Waals surface area contributed by atoms with Gasteiger partial charge < -0.3 is 35.2 Å². The van der Waals surface area contributed by atoms with Gasteiger partial charge in [0.1, 0.15) is 29.8 Å². The molecule has 10 heteroatoms. The molecule has 1 aromatic carbocycles. The average Bonchev–Trinajstić information content (AvgIpc) is 3.57. The Labute approximate surface area is 233 Å². The van der Waals surface area contributed by atoms with E-state index < -0.39 is 43.6 Å². The number of thiophene rings is 1. The summed E-state index contributed by atoms with van der Waals surface area (Å²) in [5.41, 5.74) is 1.73. The number of amides is 1. The van der Waals surface area contributed by atoms with E-state index in [9.17, 15) is 30.0 Å². The van der Waals surface area contributed by atoms with Crippen molar-refractivity contribution in [2.45, 2.75) is 95.2 Å². The van der Waals surface area contributed by atoms with Gasteiger partial charge in [0.25, 0.3) is 0 Å². The van der Waals surface area contributed by atoms with E-state index in [0.717, 1.165) is 67.5 Å². The molecule has 5 N–H and O–H groups in total. The van der Waals surface area contributed by atoms with Gasteiger partial charge in [-0.3, -0.25) is 4.79 Å². The third-order valence-electron chi connectivity index (χ3n) is 7.15. The molecule has 1 saturated heterocycles. The lowest BCUT2D eigenvalue weighted by Crippen LogP contribution is -2.42. The molecule has 1 fully saturated rings. The smallest absolute Gasteiger partial charge is 0.348 e. The number of ether oxygens (including phenoxy) is 1. The molecule has 0 unspecified atom stereocenters. The van der Waals surface area contributed by atoms with E-state index in [4.69, 9.17) is 9.84 Å². The van der Waals surface area contributed by atoms with Crippen LogP contribution in [0.3, 0.4) is 0 Å². The van der Waals surface area contributed by atoms with Crippen molar-refractivity contribution in [1.29, 1.82) is 0 Å². The number of carbonyl (C=O) groups is 2. The van der Waals surface area contributed by atoms with Crippen LogP contribution in [0.2, 0.25) is 0 Å². The largest absolute Gasteiger partial charge is 0.459 e. The van der Waals surface area contributed by atoms with Gasteiger partial charge in [-0.2, -0.15) is 0 Å². The summed E-state index contributed by atoms with van der Waals surface area (Å²) in [6.07, 6.45) is 2.49. The van der Waals surface area contributed by atoms with Gasteiger partial charge in [-0.25, -0.2) is 4.79 Å². The van der Waals surface area contributed by atoms with Crippen molar-refractivity contribution in [3.63, 3.8) is 0 Å². The van der Waals surface area contributed by atoms with Gasteiger partial charge in [0.15, 0.2) is 0 Å². The van der Waals surface area contributed by atoms with Crippen molar-refractivity contribution >= 4 is 28.9 Å². The van der Waals surface area contributed by atoms with E-state index >= 15 is 0 Å². The van der Waals surface area contributed by atoms with Crippen LogP contribution in [0, 0.1) is 0 Å². The number of benzene rings is 1.